The van der Waals surface area contributed by atoms with Crippen LogP contribution >= 0.6 is 0 Å². The highest BCUT2D eigenvalue weighted by Crippen LogP contribution is 2.56. The zero-order valence-corrected chi connectivity index (χ0v) is 14.7. The van der Waals surface area contributed by atoms with Crippen LogP contribution in [-0.4, -0.2) is 36.7 Å². The van der Waals surface area contributed by atoms with Gasteiger partial charge in [-0.25, -0.2) is 0 Å². The number of hydrogen-bond acceptors (Lipinski definition) is 5. The quantitative estimate of drug-likeness (QED) is 0.739. The van der Waals surface area contributed by atoms with Gasteiger partial charge < -0.3 is 24.3 Å². The lowest BCUT2D eigenvalue weighted by atomic mass is 9.74. The Balaban J connectivity index is 1.81. The zero-order valence-electron chi connectivity index (χ0n) is 14.7. The Kier molecular flexibility index (Phi) is 3.70. The third-order valence-electron chi connectivity index (χ3n) is 5.59. The number of methoxy groups -OCH3 is 1. The molecular weight excluding hydrogens is 334 g/mol. The van der Waals surface area contributed by atoms with Crippen molar-refractivity contribution in [2.45, 2.75) is 31.1 Å². The molecule has 136 valence electrons. The molecule has 5 atom stereocenters. The van der Waals surface area contributed by atoms with E-state index in [-0.39, 0.29) is 11.9 Å². The van der Waals surface area contributed by atoms with Gasteiger partial charge in [-0.1, -0.05) is 17.7 Å². The summed E-state index contributed by atoms with van der Waals surface area (Å²) < 4.78 is 11.3. The van der Waals surface area contributed by atoms with Gasteiger partial charge >= 0.3 is 0 Å². The summed E-state index contributed by atoms with van der Waals surface area (Å²) in [6.07, 6.45) is 3.51. The number of fused-ring (bicyclic) bond motifs is 1. The van der Waals surface area contributed by atoms with Crippen molar-refractivity contribution in [3.63, 3.8) is 0 Å². The highest BCUT2D eigenvalue weighted by atomic mass is 16.5. The van der Waals surface area contributed by atoms with Gasteiger partial charge in [-0.05, 0) is 37.6 Å². The first-order valence-corrected chi connectivity index (χ1v) is 8.58. The minimum absolute atomic E-state index is 0.248. The van der Waals surface area contributed by atoms with Crippen LogP contribution in [0.1, 0.15) is 13.3 Å². The van der Waals surface area contributed by atoms with E-state index in [2.05, 4.69) is 6.58 Å². The van der Waals surface area contributed by atoms with Gasteiger partial charge in [-0.15, -0.1) is 6.58 Å². The predicted molar refractivity (Wildman–Crippen MR) is 92.4 cm³/mol. The number of rotatable bonds is 5. The Bertz CT molecular complexity index is 814. The van der Waals surface area contributed by atoms with E-state index in [1.165, 1.54) is 0 Å². The Morgan fingerprint density at radius 2 is 2.08 bits per heavy atom. The molecule has 0 unspecified atom stereocenters. The molecule has 1 spiro atoms. The van der Waals surface area contributed by atoms with Gasteiger partial charge in [0.25, 0.3) is 0 Å². The molecule has 6 heteroatoms. The second-order valence-corrected chi connectivity index (χ2v) is 7.20. The van der Waals surface area contributed by atoms with Gasteiger partial charge in [0.15, 0.2) is 0 Å². The van der Waals surface area contributed by atoms with E-state index < -0.39 is 29.5 Å². The van der Waals surface area contributed by atoms with Gasteiger partial charge in [0.05, 0.1) is 25.2 Å². The summed E-state index contributed by atoms with van der Waals surface area (Å²) in [5, 5.41) is 11.7. The summed E-state index contributed by atoms with van der Waals surface area (Å²) in [6.45, 7) is 5.87. The number of aliphatic carboxylic acids is 1. The van der Waals surface area contributed by atoms with Gasteiger partial charge in [-0.2, -0.15) is 0 Å². The second kappa shape index (κ2) is 5.71. The largest absolute Gasteiger partial charge is 0.550 e. The average Bonchev–Trinajstić information content (AvgIpc) is 3.24. The fourth-order valence-electron chi connectivity index (χ4n) is 4.55. The number of nitrogens with zero attached hydrogens (tertiary/aromatic N) is 1. The average molecular weight is 354 g/mol. The summed E-state index contributed by atoms with van der Waals surface area (Å²) in [5.74, 6) is -2.56. The maximum Gasteiger partial charge on any atom is 0.234 e. The van der Waals surface area contributed by atoms with Crippen molar-refractivity contribution in [3.05, 3.63) is 48.6 Å². The fourth-order valence-corrected chi connectivity index (χ4v) is 4.55. The molecule has 2 fully saturated rings. The van der Waals surface area contributed by atoms with Gasteiger partial charge in [0.2, 0.25) is 5.91 Å². The summed E-state index contributed by atoms with van der Waals surface area (Å²) in [7, 11) is 1.57. The summed E-state index contributed by atoms with van der Waals surface area (Å²) in [5.41, 5.74) is 0.628. The molecule has 1 aromatic carbocycles. The number of amides is 1. The second-order valence-electron chi connectivity index (χ2n) is 7.20. The van der Waals surface area contributed by atoms with Gasteiger partial charge in [0.1, 0.15) is 11.4 Å². The van der Waals surface area contributed by atoms with E-state index in [0.717, 1.165) is 5.57 Å². The minimum atomic E-state index is -1.25. The number of carboxylic acids is 1. The van der Waals surface area contributed by atoms with E-state index in [1.807, 2.05) is 13.0 Å². The van der Waals surface area contributed by atoms with E-state index in [0.29, 0.717) is 17.9 Å². The molecule has 6 nitrogen and oxygen atoms in total. The van der Waals surface area contributed by atoms with Crippen LogP contribution in [-0.2, 0) is 14.3 Å². The topological polar surface area (TPSA) is 78.9 Å². The Labute approximate surface area is 151 Å². The number of carboxylic acid groups (broad SMARTS) is 1. The highest BCUT2D eigenvalue weighted by molar-refractivity contribution is 6.03. The maximum absolute atomic E-state index is 13.3. The van der Waals surface area contributed by atoms with Crippen LogP contribution in [0.15, 0.2) is 48.6 Å². The smallest absolute Gasteiger partial charge is 0.234 e. The predicted octanol–water partition coefficient (Wildman–Crippen LogP) is 1.07. The molecule has 0 aromatic heterocycles. The lowest BCUT2D eigenvalue weighted by molar-refractivity contribution is -0.313. The highest BCUT2D eigenvalue weighted by Gasteiger charge is 2.69. The number of benzene rings is 1. The van der Waals surface area contributed by atoms with Crippen LogP contribution in [0.3, 0.4) is 0 Å². The minimum Gasteiger partial charge on any atom is -0.550 e. The first-order chi connectivity index (χ1) is 12.4. The number of carbonyl (C=O) groups is 2. The number of hydrogen-bond donors (Lipinski definition) is 0. The molecule has 0 saturated carbocycles. The van der Waals surface area contributed by atoms with E-state index in [4.69, 9.17) is 9.47 Å². The number of ether oxygens (including phenoxy) is 2. The molecule has 26 heavy (non-hydrogen) atoms. The van der Waals surface area contributed by atoms with Crippen molar-refractivity contribution in [1.29, 1.82) is 0 Å². The monoisotopic (exact) mass is 354 g/mol. The molecule has 1 amide bonds. The van der Waals surface area contributed by atoms with Crippen molar-refractivity contribution >= 4 is 17.6 Å². The molecular formula is C20H20NO5-. The van der Waals surface area contributed by atoms with E-state index in [1.54, 1.807) is 42.4 Å². The molecule has 3 aliphatic heterocycles. The number of carbonyl (C=O) groups excluding carboxylic acids is 2. The van der Waals surface area contributed by atoms with E-state index in [9.17, 15) is 14.7 Å². The molecule has 3 heterocycles. The Morgan fingerprint density at radius 3 is 2.65 bits per heavy atom. The molecule has 2 saturated heterocycles. The van der Waals surface area contributed by atoms with Crippen molar-refractivity contribution in [1.82, 2.24) is 0 Å². The number of anilines is 1. The summed E-state index contributed by atoms with van der Waals surface area (Å²) >= 11 is 0. The van der Waals surface area contributed by atoms with Crippen LogP contribution < -0.4 is 14.7 Å². The molecule has 2 bridgehead atoms. The Morgan fingerprint density at radius 1 is 1.38 bits per heavy atom. The molecule has 0 N–H and O–H groups in total. The third-order valence-corrected chi connectivity index (χ3v) is 5.59. The first kappa shape index (κ1) is 16.8. The zero-order chi connectivity index (χ0) is 18.6. The lowest BCUT2D eigenvalue weighted by Crippen LogP contribution is -2.46. The van der Waals surface area contributed by atoms with Crippen LogP contribution in [0, 0.1) is 11.8 Å². The van der Waals surface area contributed by atoms with Crippen molar-refractivity contribution in [3.8, 4) is 5.75 Å². The lowest BCUT2D eigenvalue weighted by Gasteiger charge is -2.33. The molecule has 3 aliphatic rings. The van der Waals surface area contributed by atoms with Crippen molar-refractivity contribution in [2.75, 3.05) is 12.0 Å². The van der Waals surface area contributed by atoms with E-state index >= 15 is 0 Å². The Hall–Kier alpha value is -2.60. The standard InChI is InChI=1S/C20H21NO5/c1-11(2)10-15-20-9-8-14(26-20)16(19(23)24)17(20)18(22)21(15)12-4-6-13(25-3)7-5-12/h4-9,14-17H,1,10H2,2-3H3,(H,23,24)/p-1/t14-,15-,16-,17+,20+/m0/s1. The molecule has 4 rings (SSSR count). The van der Waals surface area contributed by atoms with Crippen LogP contribution in [0.2, 0.25) is 0 Å². The molecule has 0 aliphatic carbocycles. The van der Waals surface area contributed by atoms with Gasteiger partial charge in [0, 0.05) is 17.6 Å². The maximum atomic E-state index is 13.3. The molecule has 0 radical (unpaired) electrons. The fraction of sp³-hybridized carbons (Fsp3) is 0.400. The third kappa shape index (κ3) is 2.15. The van der Waals surface area contributed by atoms with Gasteiger partial charge in [-0.3, -0.25) is 4.79 Å². The summed E-state index contributed by atoms with van der Waals surface area (Å²) in [6, 6.07) is 6.79. The normalized spacial score (nSPS) is 34.2. The summed E-state index contributed by atoms with van der Waals surface area (Å²) in [4.78, 5) is 26.6. The van der Waals surface area contributed by atoms with Crippen LogP contribution in [0.5, 0.6) is 5.75 Å². The first-order valence-electron chi connectivity index (χ1n) is 8.58. The van der Waals surface area contributed by atoms with Crippen LogP contribution in [0.4, 0.5) is 5.69 Å². The SMILES string of the molecule is C=C(C)C[C@@H]1N(c2ccc(OC)cc2)C(=O)[C@H]2[C@@H](C(=O)[O-])[C@@H]3C=C[C@@]12O3. The van der Waals surface area contributed by atoms with Crippen LogP contribution in [0.25, 0.3) is 0 Å². The van der Waals surface area contributed by atoms with Crippen molar-refractivity contribution < 1.29 is 24.2 Å². The molecule has 1 aromatic rings. The van der Waals surface area contributed by atoms with Crippen molar-refractivity contribution in [2.24, 2.45) is 11.8 Å².